The highest BCUT2D eigenvalue weighted by molar-refractivity contribution is 6.02. The third-order valence-electron chi connectivity index (χ3n) is 4.92. The number of fused-ring (bicyclic) bond motifs is 1. The largest absolute Gasteiger partial charge is 0.293 e. The summed E-state index contributed by atoms with van der Waals surface area (Å²) >= 11 is 0. The molecule has 0 N–H and O–H groups in total. The van der Waals surface area contributed by atoms with Gasteiger partial charge in [0.1, 0.15) is 0 Å². The van der Waals surface area contributed by atoms with Crippen molar-refractivity contribution >= 4 is 5.78 Å². The number of carbonyl (C=O) groups excluding carboxylic acids is 1. The lowest BCUT2D eigenvalue weighted by Crippen LogP contribution is -2.25. The molecule has 1 fully saturated rings. The Labute approximate surface area is 119 Å². The average Bonchev–Trinajstić information content (AvgIpc) is 2.38. The molecule has 2 aliphatic carbocycles. The van der Waals surface area contributed by atoms with E-state index in [1.54, 1.807) is 0 Å². The van der Waals surface area contributed by atoms with Crippen LogP contribution in [0.5, 0.6) is 0 Å². The first kappa shape index (κ1) is 11.9. The molecule has 2 aliphatic rings. The Balaban J connectivity index is 1.60. The Morgan fingerprint density at radius 2 is 1.85 bits per heavy atom. The van der Waals surface area contributed by atoms with Crippen LogP contribution in [0.15, 0.2) is 48.5 Å². The van der Waals surface area contributed by atoms with Crippen LogP contribution in [0.1, 0.15) is 58.1 Å². The molecule has 0 spiro atoms. The molecule has 0 radical (unpaired) electrons. The lowest BCUT2D eigenvalue weighted by Gasteiger charge is -2.30. The van der Waals surface area contributed by atoms with Crippen LogP contribution in [0, 0.1) is 0 Å². The van der Waals surface area contributed by atoms with Crippen molar-refractivity contribution in [2.75, 3.05) is 0 Å². The third kappa shape index (κ3) is 1.81. The number of carbonyl (C=O) groups is 1. The number of hydrogen-bond acceptors (Lipinski definition) is 1. The second-order valence-corrected chi connectivity index (χ2v) is 6.07. The second-order valence-electron chi connectivity index (χ2n) is 6.07. The van der Waals surface area contributed by atoms with Gasteiger partial charge < -0.3 is 0 Å². The van der Waals surface area contributed by atoms with Gasteiger partial charge in [-0.3, -0.25) is 4.79 Å². The van der Waals surface area contributed by atoms with Crippen LogP contribution in [0.2, 0.25) is 0 Å². The van der Waals surface area contributed by atoms with Gasteiger partial charge in [0, 0.05) is 5.56 Å². The SMILES string of the molecule is O=C(c1cccc(C2CCC2)c1)C1Cc2ccccc21. The lowest BCUT2D eigenvalue weighted by atomic mass is 9.73. The van der Waals surface area contributed by atoms with Crippen molar-refractivity contribution in [3.05, 3.63) is 70.8 Å². The minimum atomic E-state index is 0.0860. The molecule has 1 heteroatoms. The van der Waals surface area contributed by atoms with E-state index in [0.717, 1.165) is 12.0 Å². The Morgan fingerprint density at radius 1 is 1.00 bits per heavy atom. The summed E-state index contributed by atoms with van der Waals surface area (Å²) in [6.45, 7) is 0. The molecule has 1 saturated carbocycles. The molecular weight excluding hydrogens is 244 g/mol. The van der Waals surface area contributed by atoms with Crippen LogP contribution in [-0.4, -0.2) is 5.78 Å². The van der Waals surface area contributed by atoms with Crippen molar-refractivity contribution < 1.29 is 4.79 Å². The highest BCUT2D eigenvalue weighted by atomic mass is 16.1. The van der Waals surface area contributed by atoms with Crippen LogP contribution >= 0.6 is 0 Å². The fraction of sp³-hybridized carbons (Fsp3) is 0.316. The molecule has 0 heterocycles. The second kappa shape index (κ2) is 4.59. The number of benzene rings is 2. The van der Waals surface area contributed by atoms with Crippen LogP contribution in [0.25, 0.3) is 0 Å². The van der Waals surface area contributed by atoms with Crippen LogP contribution in [0.4, 0.5) is 0 Å². The van der Waals surface area contributed by atoms with Gasteiger partial charge in [0.2, 0.25) is 0 Å². The van der Waals surface area contributed by atoms with Gasteiger partial charge in [0.25, 0.3) is 0 Å². The Kier molecular flexibility index (Phi) is 2.73. The Hall–Kier alpha value is -1.89. The van der Waals surface area contributed by atoms with Gasteiger partial charge in [0.15, 0.2) is 5.78 Å². The van der Waals surface area contributed by atoms with Gasteiger partial charge >= 0.3 is 0 Å². The number of hydrogen-bond donors (Lipinski definition) is 0. The van der Waals surface area contributed by atoms with Crippen LogP contribution in [-0.2, 0) is 6.42 Å². The van der Waals surface area contributed by atoms with E-state index in [1.807, 2.05) is 18.2 Å². The van der Waals surface area contributed by atoms with E-state index in [0.29, 0.717) is 11.7 Å². The quantitative estimate of drug-likeness (QED) is 0.745. The molecule has 0 aliphatic heterocycles. The molecular formula is C19H18O. The van der Waals surface area contributed by atoms with E-state index in [2.05, 4.69) is 30.3 Å². The van der Waals surface area contributed by atoms with Crippen molar-refractivity contribution in [3.63, 3.8) is 0 Å². The summed E-state index contributed by atoms with van der Waals surface area (Å²) < 4.78 is 0. The topological polar surface area (TPSA) is 17.1 Å². The maximum Gasteiger partial charge on any atom is 0.170 e. The summed E-state index contributed by atoms with van der Waals surface area (Å²) in [5.74, 6) is 1.07. The first-order valence-corrected chi connectivity index (χ1v) is 7.55. The van der Waals surface area contributed by atoms with Crippen LogP contribution in [0.3, 0.4) is 0 Å². The van der Waals surface area contributed by atoms with Gasteiger partial charge in [-0.2, -0.15) is 0 Å². The fourth-order valence-electron chi connectivity index (χ4n) is 3.38. The highest BCUT2D eigenvalue weighted by Gasteiger charge is 2.32. The van der Waals surface area contributed by atoms with E-state index in [-0.39, 0.29) is 5.92 Å². The molecule has 1 unspecified atom stereocenters. The van der Waals surface area contributed by atoms with E-state index < -0.39 is 0 Å². The van der Waals surface area contributed by atoms with Gasteiger partial charge in [-0.05, 0) is 47.9 Å². The summed E-state index contributed by atoms with van der Waals surface area (Å²) in [7, 11) is 0. The monoisotopic (exact) mass is 262 g/mol. The van der Waals surface area contributed by atoms with E-state index in [1.165, 1.54) is 36.0 Å². The number of ketones is 1. The van der Waals surface area contributed by atoms with Gasteiger partial charge in [-0.15, -0.1) is 0 Å². The fourth-order valence-corrected chi connectivity index (χ4v) is 3.38. The van der Waals surface area contributed by atoms with Crippen molar-refractivity contribution in [1.29, 1.82) is 0 Å². The first-order valence-electron chi connectivity index (χ1n) is 7.55. The zero-order valence-electron chi connectivity index (χ0n) is 11.5. The summed E-state index contributed by atoms with van der Waals surface area (Å²) in [6, 6.07) is 16.6. The van der Waals surface area contributed by atoms with Crippen molar-refractivity contribution in [1.82, 2.24) is 0 Å². The maximum atomic E-state index is 12.7. The van der Waals surface area contributed by atoms with E-state index >= 15 is 0 Å². The molecule has 1 nitrogen and oxygen atoms in total. The molecule has 0 saturated heterocycles. The summed E-state index contributed by atoms with van der Waals surface area (Å²) in [5, 5.41) is 0. The first-order chi connectivity index (χ1) is 9.83. The minimum Gasteiger partial charge on any atom is -0.293 e. The summed E-state index contributed by atoms with van der Waals surface area (Å²) in [6.07, 6.45) is 4.80. The molecule has 0 aromatic heterocycles. The van der Waals surface area contributed by atoms with Crippen molar-refractivity contribution in [3.8, 4) is 0 Å². The predicted molar refractivity (Wildman–Crippen MR) is 80.3 cm³/mol. The molecule has 100 valence electrons. The zero-order chi connectivity index (χ0) is 13.5. The number of Topliss-reactive ketones (excluding diaryl/α,β-unsaturated/α-hetero) is 1. The Bertz CT molecular complexity index is 667. The number of rotatable bonds is 3. The van der Waals surface area contributed by atoms with E-state index in [4.69, 9.17) is 0 Å². The maximum absolute atomic E-state index is 12.7. The molecule has 2 aromatic rings. The molecule has 4 rings (SSSR count). The molecule has 20 heavy (non-hydrogen) atoms. The average molecular weight is 262 g/mol. The molecule has 1 atom stereocenters. The minimum absolute atomic E-state index is 0.0860. The van der Waals surface area contributed by atoms with Crippen molar-refractivity contribution in [2.45, 2.75) is 37.5 Å². The molecule has 0 amide bonds. The summed E-state index contributed by atoms with van der Waals surface area (Å²) in [4.78, 5) is 12.7. The van der Waals surface area contributed by atoms with Crippen molar-refractivity contribution in [2.24, 2.45) is 0 Å². The standard InChI is InChI=1S/C19H18O/c20-19(18-12-15-5-1-2-10-17(15)18)16-9-4-8-14(11-16)13-6-3-7-13/h1-2,4-5,8-11,13,18H,3,6-7,12H2. The van der Waals surface area contributed by atoms with Crippen LogP contribution < -0.4 is 0 Å². The van der Waals surface area contributed by atoms with Gasteiger partial charge in [0.05, 0.1) is 5.92 Å². The van der Waals surface area contributed by atoms with E-state index in [9.17, 15) is 4.79 Å². The van der Waals surface area contributed by atoms with Gasteiger partial charge in [-0.1, -0.05) is 48.9 Å². The third-order valence-corrected chi connectivity index (χ3v) is 4.92. The molecule has 2 aromatic carbocycles. The zero-order valence-corrected chi connectivity index (χ0v) is 11.5. The van der Waals surface area contributed by atoms with Gasteiger partial charge in [-0.25, -0.2) is 0 Å². The smallest absolute Gasteiger partial charge is 0.170 e. The predicted octanol–water partition coefficient (Wildman–Crippen LogP) is 4.48. The Morgan fingerprint density at radius 3 is 2.60 bits per heavy atom. The highest BCUT2D eigenvalue weighted by Crippen LogP contribution is 2.39. The molecule has 0 bridgehead atoms. The normalized spacial score (nSPS) is 20.7. The summed E-state index contributed by atoms with van der Waals surface area (Å²) in [5.41, 5.74) is 4.82. The lowest BCUT2D eigenvalue weighted by molar-refractivity contribution is 0.0949.